The molecule has 0 saturated heterocycles. The summed E-state index contributed by atoms with van der Waals surface area (Å²) in [5, 5.41) is 9.01. The molecule has 0 radical (unpaired) electrons. The Morgan fingerprint density at radius 2 is 1.91 bits per heavy atom. The van der Waals surface area contributed by atoms with E-state index in [4.69, 9.17) is 5.11 Å². The number of imidazole rings is 1. The zero-order valence-electron chi connectivity index (χ0n) is 12.2. The minimum atomic E-state index is -0.996. The number of carbonyl (C=O) groups is 1. The van der Waals surface area contributed by atoms with Crippen molar-refractivity contribution in [3.05, 3.63) is 72.1 Å². The molecule has 6 heteroatoms. The Bertz CT molecular complexity index is 828. The number of benzene rings is 1. The van der Waals surface area contributed by atoms with Gasteiger partial charge in [0.05, 0.1) is 17.6 Å². The highest BCUT2D eigenvalue weighted by molar-refractivity contribution is 5.88. The van der Waals surface area contributed by atoms with Gasteiger partial charge in [-0.2, -0.15) is 0 Å². The van der Waals surface area contributed by atoms with Crippen LogP contribution in [0.4, 0.5) is 4.39 Å². The zero-order valence-corrected chi connectivity index (χ0v) is 12.2. The van der Waals surface area contributed by atoms with Gasteiger partial charge in [-0.15, -0.1) is 0 Å². The van der Waals surface area contributed by atoms with Crippen LogP contribution in [0.15, 0.2) is 55.1 Å². The fourth-order valence-electron chi connectivity index (χ4n) is 2.23. The summed E-state index contributed by atoms with van der Waals surface area (Å²) in [5.41, 5.74) is 2.35. The number of hydrogen-bond acceptors (Lipinski definition) is 3. The summed E-state index contributed by atoms with van der Waals surface area (Å²) in [6.07, 6.45) is 5.69. The van der Waals surface area contributed by atoms with E-state index in [2.05, 4.69) is 9.97 Å². The molecule has 0 atom stereocenters. The van der Waals surface area contributed by atoms with Gasteiger partial charge in [-0.3, -0.25) is 4.98 Å². The Balaban J connectivity index is 1.71. The van der Waals surface area contributed by atoms with Gasteiger partial charge in [0.2, 0.25) is 0 Å². The SMILES string of the molecule is O=C(O)c1ccnc(-c2cn(CCc3ccc(F)cc3)cn2)c1. The number of carboxylic acid groups (broad SMARTS) is 1. The average Bonchev–Trinajstić information content (AvgIpc) is 3.03. The van der Waals surface area contributed by atoms with Crippen molar-refractivity contribution in [2.75, 3.05) is 0 Å². The molecule has 0 aliphatic heterocycles. The smallest absolute Gasteiger partial charge is 0.335 e. The first kappa shape index (κ1) is 14.9. The fourth-order valence-corrected chi connectivity index (χ4v) is 2.23. The van der Waals surface area contributed by atoms with Crippen LogP contribution in [-0.4, -0.2) is 25.6 Å². The van der Waals surface area contributed by atoms with E-state index in [1.807, 2.05) is 10.8 Å². The molecule has 3 aromatic rings. The number of aromatic nitrogens is 3. The van der Waals surface area contributed by atoms with E-state index in [-0.39, 0.29) is 11.4 Å². The summed E-state index contributed by atoms with van der Waals surface area (Å²) in [6.45, 7) is 0.692. The maximum Gasteiger partial charge on any atom is 0.335 e. The number of rotatable bonds is 5. The van der Waals surface area contributed by atoms with Crippen molar-refractivity contribution in [2.24, 2.45) is 0 Å². The van der Waals surface area contributed by atoms with E-state index in [0.717, 1.165) is 12.0 Å². The van der Waals surface area contributed by atoms with E-state index < -0.39 is 5.97 Å². The molecule has 3 rings (SSSR count). The molecule has 0 spiro atoms. The number of hydrogen-bond donors (Lipinski definition) is 1. The Kier molecular flexibility index (Phi) is 4.14. The third-order valence-electron chi connectivity index (χ3n) is 3.47. The Labute approximate surface area is 132 Å². The van der Waals surface area contributed by atoms with Gasteiger partial charge in [0.1, 0.15) is 11.5 Å². The van der Waals surface area contributed by atoms with Gasteiger partial charge >= 0.3 is 5.97 Å². The summed E-state index contributed by atoms with van der Waals surface area (Å²) >= 11 is 0. The fraction of sp³-hybridized carbons (Fsp3) is 0.118. The van der Waals surface area contributed by atoms with Crippen LogP contribution in [0.25, 0.3) is 11.4 Å². The molecule has 0 bridgehead atoms. The number of nitrogens with zero attached hydrogens (tertiary/aromatic N) is 3. The van der Waals surface area contributed by atoms with Crippen LogP contribution in [0.3, 0.4) is 0 Å². The number of aromatic carboxylic acids is 1. The minimum absolute atomic E-state index is 0.177. The monoisotopic (exact) mass is 311 g/mol. The van der Waals surface area contributed by atoms with E-state index in [0.29, 0.717) is 17.9 Å². The van der Waals surface area contributed by atoms with Gasteiger partial charge in [-0.1, -0.05) is 12.1 Å². The van der Waals surface area contributed by atoms with Crippen molar-refractivity contribution in [3.63, 3.8) is 0 Å². The van der Waals surface area contributed by atoms with Gasteiger partial charge < -0.3 is 9.67 Å². The Morgan fingerprint density at radius 1 is 1.13 bits per heavy atom. The van der Waals surface area contributed by atoms with Crippen LogP contribution < -0.4 is 0 Å². The topological polar surface area (TPSA) is 68.0 Å². The van der Waals surface area contributed by atoms with Gasteiger partial charge in [-0.05, 0) is 36.2 Å². The molecular weight excluding hydrogens is 297 g/mol. The highest BCUT2D eigenvalue weighted by Crippen LogP contribution is 2.16. The average molecular weight is 311 g/mol. The molecule has 2 heterocycles. The minimum Gasteiger partial charge on any atom is -0.478 e. The first-order chi connectivity index (χ1) is 11.1. The molecule has 0 aliphatic rings. The van der Waals surface area contributed by atoms with E-state index in [9.17, 15) is 9.18 Å². The van der Waals surface area contributed by atoms with Crippen LogP contribution in [0.1, 0.15) is 15.9 Å². The van der Waals surface area contributed by atoms with Crippen molar-refractivity contribution in [1.82, 2.24) is 14.5 Å². The van der Waals surface area contributed by atoms with Gasteiger partial charge in [-0.25, -0.2) is 14.2 Å². The number of halogens is 1. The second-order valence-corrected chi connectivity index (χ2v) is 5.11. The lowest BCUT2D eigenvalue weighted by Gasteiger charge is -2.02. The summed E-state index contributed by atoms with van der Waals surface area (Å²) in [6, 6.07) is 9.33. The normalized spacial score (nSPS) is 10.7. The van der Waals surface area contributed by atoms with Crippen molar-refractivity contribution in [2.45, 2.75) is 13.0 Å². The van der Waals surface area contributed by atoms with Gasteiger partial charge in [0.25, 0.3) is 0 Å². The quantitative estimate of drug-likeness (QED) is 0.786. The van der Waals surface area contributed by atoms with Gasteiger partial charge in [0, 0.05) is 18.9 Å². The number of pyridine rings is 1. The maximum absolute atomic E-state index is 12.9. The Hall–Kier alpha value is -3.02. The van der Waals surface area contributed by atoms with Crippen molar-refractivity contribution >= 4 is 5.97 Å². The molecule has 1 aromatic carbocycles. The molecule has 5 nitrogen and oxygen atoms in total. The molecule has 116 valence electrons. The summed E-state index contributed by atoms with van der Waals surface area (Å²) in [7, 11) is 0. The number of aryl methyl sites for hydroxylation is 2. The predicted molar refractivity (Wildman–Crippen MR) is 82.5 cm³/mol. The van der Waals surface area contributed by atoms with Gasteiger partial charge in [0.15, 0.2) is 0 Å². The van der Waals surface area contributed by atoms with Crippen LogP contribution in [0.5, 0.6) is 0 Å². The first-order valence-corrected chi connectivity index (χ1v) is 7.08. The molecule has 0 amide bonds. The first-order valence-electron chi connectivity index (χ1n) is 7.08. The molecule has 0 aliphatic carbocycles. The zero-order chi connectivity index (χ0) is 16.2. The van der Waals surface area contributed by atoms with Crippen LogP contribution in [-0.2, 0) is 13.0 Å². The third-order valence-corrected chi connectivity index (χ3v) is 3.47. The van der Waals surface area contributed by atoms with Crippen LogP contribution >= 0.6 is 0 Å². The molecule has 23 heavy (non-hydrogen) atoms. The molecule has 1 N–H and O–H groups in total. The summed E-state index contributed by atoms with van der Waals surface area (Å²) in [5.74, 6) is -1.24. The third kappa shape index (κ3) is 3.60. The predicted octanol–water partition coefficient (Wildman–Crippen LogP) is 3.03. The second kappa shape index (κ2) is 6.39. The van der Waals surface area contributed by atoms with E-state index >= 15 is 0 Å². The highest BCUT2D eigenvalue weighted by atomic mass is 19.1. The lowest BCUT2D eigenvalue weighted by Crippen LogP contribution is -1.99. The highest BCUT2D eigenvalue weighted by Gasteiger charge is 2.08. The molecule has 0 unspecified atom stereocenters. The molecule has 0 fully saturated rings. The van der Waals surface area contributed by atoms with E-state index in [1.165, 1.54) is 30.5 Å². The Morgan fingerprint density at radius 3 is 2.65 bits per heavy atom. The molecular formula is C17H14FN3O2. The van der Waals surface area contributed by atoms with E-state index in [1.54, 1.807) is 18.5 Å². The van der Waals surface area contributed by atoms with Crippen LogP contribution in [0, 0.1) is 5.82 Å². The lowest BCUT2D eigenvalue weighted by molar-refractivity contribution is 0.0697. The largest absolute Gasteiger partial charge is 0.478 e. The molecule has 2 aromatic heterocycles. The molecule has 0 saturated carbocycles. The summed E-state index contributed by atoms with van der Waals surface area (Å²) < 4.78 is 14.8. The summed E-state index contributed by atoms with van der Waals surface area (Å²) in [4.78, 5) is 19.4. The number of carboxylic acids is 1. The van der Waals surface area contributed by atoms with Crippen molar-refractivity contribution in [1.29, 1.82) is 0 Å². The lowest BCUT2D eigenvalue weighted by atomic mass is 10.1. The van der Waals surface area contributed by atoms with Crippen LogP contribution in [0.2, 0.25) is 0 Å². The van der Waals surface area contributed by atoms with Crippen molar-refractivity contribution < 1.29 is 14.3 Å². The standard InChI is InChI=1S/C17H14FN3O2/c18-14-3-1-12(2-4-14)6-8-21-10-16(20-11-21)15-9-13(17(22)23)5-7-19-15/h1-5,7,9-11H,6,8H2,(H,22,23). The second-order valence-electron chi connectivity index (χ2n) is 5.11. The van der Waals surface area contributed by atoms with Crippen molar-refractivity contribution in [3.8, 4) is 11.4 Å². The maximum atomic E-state index is 12.9.